The van der Waals surface area contributed by atoms with Gasteiger partial charge in [-0.05, 0) is 87.1 Å². The minimum absolute atomic E-state index is 0.651. The van der Waals surface area contributed by atoms with Gasteiger partial charge in [-0.15, -0.1) is 0 Å². The molecular formula is C46H30N4. The van der Waals surface area contributed by atoms with Gasteiger partial charge >= 0.3 is 0 Å². The summed E-state index contributed by atoms with van der Waals surface area (Å²) in [6.07, 6.45) is 5.49. The average molecular weight is 639 g/mol. The molecule has 234 valence electrons. The van der Waals surface area contributed by atoms with Crippen molar-refractivity contribution in [3.05, 3.63) is 182 Å². The summed E-state index contributed by atoms with van der Waals surface area (Å²) in [5.41, 5.74) is 12.2. The smallest absolute Gasteiger partial charge is 0.160 e. The standard InChI is InChI=1S/C46H30N4/c1-2-11-31(12-3-1)37-26-38(41-21-7-14-32-13-4-5-20-40(32)41)28-39(27-37)46-49-43(29-44(50-46)36-19-9-23-47-30-36)35-17-6-16-34(25-35)42-22-8-15-33-18-10-24-48-45(33)42/h1-30H. The van der Waals surface area contributed by atoms with E-state index in [1.54, 1.807) is 6.20 Å². The lowest BCUT2D eigenvalue weighted by Crippen LogP contribution is -1.97. The van der Waals surface area contributed by atoms with E-state index in [9.17, 15) is 0 Å². The van der Waals surface area contributed by atoms with Crippen molar-refractivity contribution in [3.63, 3.8) is 0 Å². The van der Waals surface area contributed by atoms with Crippen LogP contribution in [0.5, 0.6) is 0 Å². The van der Waals surface area contributed by atoms with Gasteiger partial charge in [-0.2, -0.15) is 0 Å². The highest BCUT2D eigenvalue weighted by molar-refractivity contribution is 5.98. The minimum atomic E-state index is 0.651. The van der Waals surface area contributed by atoms with Crippen molar-refractivity contribution in [1.29, 1.82) is 0 Å². The number of para-hydroxylation sites is 1. The van der Waals surface area contributed by atoms with Crippen LogP contribution in [-0.4, -0.2) is 19.9 Å². The van der Waals surface area contributed by atoms with Gasteiger partial charge in [-0.3, -0.25) is 9.97 Å². The van der Waals surface area contributed by atoms with E-state index in [1.165, 1.54) is 16.3 Å². The molecule has 9 aromatic rings. The zero-order valence-electron chi connectivity index (χ0n) is 27.1. The first kappa shape index (κ1) is 29.4. The Hall–Kier alpha value is -6.78. The molecule has 0 atom stereocenters. The van der Waals surface area contributed by atoms with Gasteiger partial charge in [-0.1, -0.05) is 115 Å². The van der Waals surface area contributed by atoms with Crippen molar-refractivity contribution < 1.29 is 0 Å². The molecule has 3 heterocycles. The summed E-state index contributed by atoms with van der Waals surface area (Å²) >= 11 is 0. The third-order valence-corrected chi connectivity index (χ3v) is 9.18. The first-order valence-corrected chi connectivity index (χ1v) is 16.7. The number of hydrogen-bond donors (Lipinski definition) is 0. The van der Waals surface area contributed by atoms with E-state index >= 15 is 0 Å². The molecule has 0 N–H and O–H groups in total. The second-order valence-corrected chi connectivity index (χ2v) is 12.4. The molecule has 4 heteroatoms. The van der Waals surface area contributed by atoms with Crippen LogP contribution in [0.1, 0.15) is 0 Å². The van der Waals surface area contributed by atoms with E-state index in [0.717, 1.165) is 66.8 Å². The predicted molar refractivity (Wildman–Crippen MR) is 205 cm³/mol. The molecular weight excluding hydrogens is 609 g/mol. The van der Waals surface area contributed by atoms with Gasteiger partial charge in [0.2, 0.25) is 0 Å². The van der Waals surface area contributed by atoms with Crippen LogP contribution in [0.2, 0.25) is 0 Å². The minimum Gasteiger partial charge on any atom is -0.264 e. The number of aromatic nitrogens is 4. The normalized spacial score (nSPS) is 11.2. The van der Waals surface area contributed by atoms with Gasteiger partial charge in [0.25, 0.3) is 0 Å². The van der Waals surface area contributed by atoms with Gasteiger partial charge in [0.05, 0.1) is 16.9 Å². The van der Waals surface area contributed by atoms with Gasteiger partial charge in [0.15, 0.2) is 5.82 Å². The van der Waals surface area contributed by atoms with Crippen LogP contribution in [-0.2, 0) is 0 Å². The van der Waals surface area contributed by atoms with E-state index in [0.29, 0.717) is 5.82 Å². The first-order chi connectivity index (χ1) is 24.8. The molecule has 0 fully saturated rings. The molecule has 6 aromatic carbocycles. The molecule has 4 nitrogen and oxygen atoms in total. The van der Waals surface area contributed by atoms with Gasteiger partial charge < -0.3 is 0 Å². The monoisotopic (exact) mass is 638 g/mol. The van der Waals surface area contributed by atoms with Gasteiger partial charge in [-0.25, -0.2) is 9.97 Å². The average Bonchev–Trinajstić information content (AvgIpc) is 3.21. The largest absolute Gasteiger partial charge is 0.264 e. The first-order valence-electron chi connectivity index (χ1n) is 16.7. The summed E-state index contributed by atoms with van der Waals surface area (Å²) in [4.78, 5) is 19.6. The number of benzene rings is 6. The Balaban J connectivity index is 1.25. The van der Waals surface area contributed by atoms with Crippen LogP contribution in [0.3, 0.4) is 0 Å². The third-order valence-electron chi connectivity index (χ3n) is 9.18. The van der Waals surface area contributed by atoms with Crippen molar-refractivity contribution in [2.45, 2.75) is 0 Å². The maximum Gasteiger partial charge on any atom is 0.160 e. The summed E-state index contributed by atoms with van der Waals surface area (Å²) in [6, 6.07) is 57.2. The Morgan fingerprint density at radius 3 is 1.86 bits per heavy atom. The van der Waals surface area contributed by atoms with Crippen LogP contribution in [0.15, 0.2) is 182 Å². The topological polar surface area (TPSA) is 51.6 Å². The molecule has 0 aliphatic rings. The Labute approximate surface area is 290 Å². The molecule has 0 spiro atoms. The summed E-state index contributed by atoms with van der Waals surface area (Å²) < 4.78 is 0. The maximum absolute atomic E-state index is 5.28. The maximum atomic E-state index is 5.28. The van der Waals surface area contributed by atoms with E-state index in [1.807, 2.05) is 36.7 Å². The van der Waals surface area contributed by atoms with Crippen molar-refractivity contribution in [2.24, 2.45) is 0 Å². The molecule has 0 unspecified atom stereocenters. The van der Waals surface area contributed by atoms with Crippen LogP contribution < -0.4 is 0 Å². The summed E-state index contributed by atoms with van der Waals surface area (Å²) in [7, 11) is 0. The molecule has 0 aliphatic heterocycles. The Bertz CT molecular complexity index is 2640. The Morgan fingerprint density at radius 1 is 0.360 bits per heavy atom. The zero-order chi connectivity index (χ0) is 33.3. The molecule has 50 heavy (non-hydrogen) atoms. The van der Waals surface area contributed by atoms with Crippen LogP contribution >= 0.6 is 0 Å². The Morgan fingerprint density at radius 2 is 0.980 bits per heavy atom. The van der Waals surface area contributed by atoms with Crippen molar-refractivity contribution >= 4 is 21.7 Å². The lowest BCUT2D eigenvalue weighted by molar-refractivity contribution is 1.18. The molecule has 0 bridgehead atoms. The molecule has 9 rings (SSSR count). The highest BCUT2D eigenvalue weighted by atomic mass is 14.9. The molecule has 3 aromatic heterocycles. The molecule has 0 amide bonds. The lowest BCUT2D eigenvalue weighted by atomic mass is 9.93. The zero-order valence-corrected chi connectivity index (χ0v) is 27.1. The molecule has 0 aliphatic carbocycles. The summed E-state index contributed by atoms with van der Waals surface area (Å²) in [6.45, 7) is 0. The fourth-order valence-electron chi connectivity index (χ4n) is 6.76. The number of fused-ring (bicyclic) bond motifs is 2. The quantitative estimate of drug-likeness (QED) is 0.182. The van der Waals surface area contributed by atoms with Crippen molar-refractivity contribution in [2.75, 3.05) is 0 Å². The van der Waals surface area contributed by atoms with Crippen LogP contribution in [0.4, 0.5) is 0 Å². The molecule has 0 radical (unpaired) electrons. The molecule has 0 saturated carbocycles. The van der Waals surface area contributed by atoms with E-state index in [2.05, 4.69) is 145 Å². The third kappa shape index (κ3) is 5.59. The van der Waals surface area contributed by atoms with E-state index in [-0.39, 0.29) is 0 Å². The van der Waals surface area contributed by atoms with Crippen LogP contribution in [0.25, 0.3) is 89.0 Å². The van der Waals surface area contributed by atoms with Crippen molar-refractivity contribution in [3.8, 4) is 67.3 Å². The van der Waals surface area contributed by atoms with E-state index < -0.39 is 0 Å². The Kier molecular flexibility index (Phi) is 7.45. The summed E-state index contributed by atoms with van der Waals surface area (Å²) in [5.74, 6) is 0.651. The fourth-order valence-corrected chi connectivity index (χ4v) is 6.76. The van der Waals surface area contributed by atoms with E-state index in [4.69, 9.17) is 15.0 Å². The highest BCUT2D eigenvalue weighted by Gasteiger charge is 2.16. The van der Waals surface area contributed by atoms with Crippen LogP contribution in [0, 0.1) is 0 Å². The predicted octanol–water partition coefficient (Wildman–Crippen LogP) is 11.6. The number of pyridine rings is 2. The lowest BCUT2D eigenvalue weighted by Gasteiger charge is -2.14. The second kappa shape index (κ2) is 12.7. The molecule has 0 saturated heterocycles. The van der Waals surface area contributed by atoms with Crippen molar-refractivity contribution in [1.82, 2.24) is 19.9 Å². The fraction of sp³-hybridized carbons (Fsp3) is 0. The SMILES string of the molecule is c1ccc(-c2cc(-c3nc(-c4cccnc4)cc(-c4cccc(-c5cccc6cccnc56)c4)n3)cc(-c3cccc4ccccc34)c2)cc1. The van der Waals surface area contributed by atoms with Gasteiger partial charge in [0.1, 0.15) is 0 Å². The number of hydrogen-bond acceptors (Lipinski definition) is 4. The number of rotatable bonds is 6. The highest BCUT2D eigenvalue weighted by Crippen LogP contribution is 2.37. The second-order valence-electron chi connectivity index (χ2n) is 12.4. The van der Waals surface area contributed by atoms with Gasteiger partial charge in [0, 0.05) is 46.2 Å². The summed E-state index contributed by atoms with van der Waals surface area (Å²) in [5, 5.41) is 3.52. The number of nitrogens with zero attached hydrogens (tertiary/aromatic N) is 4.